The maximum atomic E-state index is 13.2. The number of rotatable bonds is 10. The zero-order chi connectivity index (χ0) is 24.6. The smallest absolute Gasteiger partial charge is 0.247 e. The summed E-state index contributed by atoms with van der Waals surface area (Å²) in [5.74, 6) is 1.06. The van der Waals surface area contributed by atoms with Crippen molar-refractivity contribution < 1.29 is 19.1 Å². The number of amides is 2. The third kappa shape index (κ3) is 6.34. The number of benzene rings is 2. The van der Waals surface area contributed by atoms with Crippen LogP contribution in [0.3, 0.4) is 0 Å². The quantitative estimate of drug-likeness (QED) is 0.476. The van der Waals surface area contributed by atoms with Gasteiger partial charge in [0.1, 0.15) is 6.54 Å². The summed E-state index contributed by atoms with van der Waals surface area (Å²) in [5, 5.41) is 15.5. The fraction of sp³-hybridized carbons (Fsp3) is 0.400. The molecule has 184 valence electrons. The van der Waals surface area contributed by atoms with Crippen molar-refractivity contribution in [1.82, 2.24) is 30.4 Å². The first kappa shape index (κ1) is 24.2. The molecular weight excluding hydrogens is 448 g/mol. The van der Waals surface area contributed by atoms with E-state index < -0.39 is 0 Å². The molecule has 10 nitrogen and oxygen atoms in total. The summed E-state index contributed by atoms with van der Waals surface area (Å²) in [6, 6.07) is 15.1. The van der Waals surface area contributed by atoms with Crippen LogP contribution in [0.4, 0.5) is 0 Å². The SMILES string of the molecule is COc1ccc(-c2nnn(CC(=O)N(CC(=O)NC3CCCC3)Cc3ccccc3)n2)cc1OC. The third-order valence-electron chi connectivity index (χ3n) is 5.99. The lowest BCUT2D eigenvalue weighted by molar-refractivity contribution is -0.137. The van der Waals surface area contributed by atoms with Gasteiger partial charge in [-0.25, -0.2) is 0 Å². The number of tetrazole rings is 1. The number of nitrogens with zero attached hydrogens (tertiary/aromatic N) is 5. The molecule has 1 aliphatic rings. The number of carbonyl (C=O) groups is 2. The Morgan fingerprint density at radius 3 is 2.51 bits per heavy atom. The topological polar surface area (TPSA) is 111 Å². The summed E-state index contributed by atoms with van der Waals surface area (Å²) in [7, 11) is 3.11. The van der Waals surface area contributed by atoms with Crippen LogP contribution < -0.4 is 14.8 Å². The van der Waals surface area contributed by atoms with Gasteiger partial charge in [0, 0.05) is 18.2 Å². The van der Waals surface area contributed by atoms with Gasteiger partial charge in [-0.15, -0.1) is 10.2 Å². The molecule has 0 atom stereocenters. The molecule has 2 aromatic carbocycles. The number of hydrogen-bond donors (Lipinski definition) is 1. The van der Waals surface area contributed by atoms with Crippen molar-refractivity contribution in [3.05, 3.63) is 54.1 Å². The first-order valence-electron chi connectivity index (χ1n) is 11.7. The maximum Gasteiger partial charge on any atom is 0.247 e. The van der Waals surface area contributed by atoms with Crippen molar-refractivity contribution >= 4 is 11.8 Å². The van der Waals surface area contributed by atoms with Crippen LogP contribution in [0.25, 0.3) is 11.4 Å². The molecule has 1 aromatic heterocycles. The Balaban J connectivity index is 1.46. The standard InChI is InChI=1S/C25H30N6O4/c1-34-21-13-12-19(14-22(21)35-2)25-27-29-31(28-25)17-24(33)30(15-18-8-4-3-5-9-18)16-23(32)26-20-10-6-7-11-20/h3-5,8-9,12-14,20H,6-7,10-11,15-17H2,1-2H3,(H,26,32). The molecule has 0 unspecified atom stereocenters. The monoisotopic (exact) mass is 478 g/mol. The number of carbonyl (C=O) groups excluding carboxylic acids is 2. The third-order valence-corrected chi connectivity index (χ3v) is 5.99. The summed E-state index contributed by atoms with van der Waals surface area (Å²) >= 11 is 0. The van der Waals surface area contributed by atoms with Gasteiger partial charge in [-0.2, -0.15) is 4.80 Å². The molecule has 1 aliphatic carbocycles. The molecule has 1 N–H and O–H groups in total. The summed E-state index contributed by atoms with van der Waals surface area (Å²) in [6.07, 6.45) is 4.22. The van der Waals surface area contributed by atoms with E-state index in [4.69, 9.17) is 9.47 Å². The molecule has 0 aliphatic heterocycles. The van der Waals surface area contributed by atoms with E-state index in [0.29, 0.717) is 29.4 Å². The van der Waals surface area contributed by atoms with Crippen LogP contribution >= 0.6 is 0 Å². The van der Waals surface area contributed by atoms with Crippen LogP contribution in [0.2, 0.25) is 0 Å². The average molecular weight is 479 g/mol. The van der Waals surface area contributed by atoms with Crippen molar-refractivity contribution in [2.24, 2.45) is 0 Å². The van der Waals surface area contributed by atoms with Crippen molar-refractivity contribution in [2.75, 3.05) is 20.8 Å². The normalized spacial score (nSPS) is 13.4. The predicted molar refractivity (Wildman–Crippen MR) is 129 cm³/mol. The van der Waals surface area contributed by atoms with Gasteiger partial charge in [0.25, 0.3) is 0 Å². The number of aromatic nitrogens is 4. The van der Waals surface area contributed by atoms with Gasteiger partial charge in [0.15, 0.2) is 11.5 Å². The molecule has 2 amide bonds. The van der Waals surface area contributed by atoms with Crippen LogP contribution in [0.1, 0.15) is 31.2 Å². The molecule has 0 radical (unpaired) electrons. The highest BCUT2D eigenvalue weighted by Crippen LogP contribution is 2.30. The largest absolute Gasteiger partial charge is 0.493 e. The fourth-order valence-corrected chi connectivity index (χ4v) is 4.17. The number of hydrogen-bond acceptors (Lipinski definition) is 7. The zero-order valence-electron chi connectivity index (χ0n) is 20.0. The second-order valence-electron chi connectivity index (χ2n) is 8.50. The van der Waals surface area contributed by atoms with E-state index in [-0.39, 0.29) is 30.9 Å². The molecular formula is C25H30N6O4. The fourth-order valence-electron chi connectivity index (χ4n) is 4.17. The molecule has 1 heterocycles. The minimum absolute atomic E-state index is 0.0263. The average Bonchev–Trinajstić information content (AvgIpc) is 3.56. The Bertz CT molecular complexity index is 1140. The second kappa shape index (κ2) is 11.5. The first-order chi connectivity index (χ1) is 17.1. The first-order valence-corrected chi connectivity index (χ1v) is 11.7. The summed E-state index contributed by atoms with van der Waals surface area (Å²) < 4.78 is 10.6. The lowest BCUT2D eigenvalue weighted by atomic mass is 10.2. The van der Waals surface area contributed by atoms with Gasteiger partial charge >= 0.3 is 0 Å². The molecule has 10 heteroatoms. The molecule has 1 saturated carbocycles. The van der Waals surface area contributed by atoms with E-state index in [9.17, 15) is 9.59 Å². The van der Waals surface area contributed by atoms with Gasteiger partial charge in [-0.1, -0.05) is 43.2 Å². The van der Waals surface area contributed by atoms with E-state index >= 15 is 0 Å². The van der Waals surface area contributed by atoms with Crippen LogP contribution in [-0.2, 0) is 22.7 Å². The Morgan fingerprint density at radius 2 is 1.80 bits per heavy atom. The van der Waals surface area contributed by atoms with Crippen molar-refractivity contribution in [3.8, 4) is 22.9 Å². The Morgan fingerprint density at radius 1 is 1.06 bits per heavy atom. The molecule has 0 spiro atoms. The van der Waals surface area contributed by atoms with Crippen molar-refractivity contribution in [3.63, 3.8) is 0 Å². The molecule has 1 fully saturated rings. The number of nitrogens with one attached hydrogen (secondary N) is 1. The van der Waals surface area contributed by atoms with E-state index in [1.165, 1.54) is 9.70 Å². The van der Waals surface area contributed by atoms with Crippen LogP contribution in [0.15, 0.2) is 48.5 Å². The van der Waals surface area contributed by atoms with E-state index in [1.54, 1.807) is 32.4 Å². The van der Waals surface area contributed by atoms with Gasteiger partial charge in [-0.05, 0) is 41.8 Å². The van der Waals surface area contributed by atoms with Crippen LogP contribution in [0.5, 0.6) is 11.5 Å². The van der Waals surface area contributed by atoms with Gasteiger partial charge in [0.05, 0.1) is 20.8 Å². The van der Waals surface area contributed by atoms with E-state index in [2.05, 4.69) is 20.7 Å². The summed E-state index contributed by atoms with van der Waals surface area (Å²) in [6.45, 7) is 0.153. The highest BCUT2D eigenvalue weighted by Gasteiger charge is 2.23. The lowest BCUT2D eigenvalue weighted by Gasteiger charge is -2.23. The Labute approximate surface area is 204 Å². The maximum absolute atomic E-state index is 13.2. The van der Waals surface area contributed by atoms with Gasteiger partial charge < -0.3 is 19.7 Å². The molecule has 0 bridgehead atoms. The molecule has 3 aromatic rings. The predicted octanol–water partition coefficient (Wildman–Crippen LogP) is 2.44. The Hall–Kier alpha value is -3.95. The lowest BCUT2D eigenvalue weighted by Crippen LogP contribution is -2.44. The van der Waals surface area contributed by atoms with E-state index in [0.717, 1.165) is 31.2 Å². The zero-order valence-corrected chi connectivity index (χ0v) is 20.0. The van der Waals surface area contributed by atoms with Crippen molar-refractivity contribution in [1.29, 1.82) is 0 Å². The molecule has 4 rings (SSSR count). The van der Waals surface area contributed by atoms with Crippen molar-refractivity contribution in [2.45, 2.75) is 44.8 Å². The molecule has 0 saturated heterocycles. The van der Waals surface area contributed by atoms with Gasteiger partial charge in [-0.3, -0.25) is 9.59 Å². The summed E-state index contributed by atoms with van der Waals surface area (Å²) in [4.78, 5) is 28.6. The number of ether oxygens (including phenoxy) is 2. The minimum Gasteiger partial charge on any atom is -0.493 e. The van der Waals surface area contributed by atoms with Gasteiger partial charge in [0.2, 0.25) is 17.6 Å². The van der Waals surface area contributed by atoms with E-state index in [1.807, 2.05) is 30.3 Å². The number of methoxy groups -OCH3 is 2. The van der Waals surface area contributed by atoms with Crippen LogP contribution in [0, 0.1) is 0 Å². The highest BCUT2D eigenvalue weighted by molar-refractivity contribution is 5.84. The Kier molecular flexibility index (Phi) is 7.92. The minimum atomic E-state index is -0.272. The highest BCUT2D eigenvalue weighted by atomic mass is 16.5. The molecule has 35 heavy (non-hydrogen) atoms. The van der Waals surface area contributed by atoms with Crippen LogP contribution in [-0.4, -0.2) is 63.7 Å². The summed E-state index contributed by atoms with van der Waals surface area (Å²) in [5.41, 5.74) is 1.62. The second-order valence-corrected chi connectivity index (χ2v) is 8.50.